The molecule has 0 aromatic heterocycles. The molecule has 0 heterocycles. The van der Waals surface area contributed by atoms with Gasteiger partial charge in [0.2, 0.25) is 0 Å². The topological polar surface area (TPSA) is 43.4 Å². The van der Waals surface area contributed by atoms with E-state index in [0.29, 0.717) is 11.3 Å². The van der Waals surface area contributed by atoms with E-state index < -0.39 is 0 Å². The Bertz CT molecular complexity index is 330. The standard InChI is InChI=1S/C10H10O3.Na.H/c1-7(11)9-3-5-10(6-4-9)13-8(2)12;;/h3-6H,1-2H3;;. The van der Waals surface area contributed by atoms with Gasteiger partial charge in [0.05, 0.1) is 0 Å². The zero-order valence-corrected chi connectivity index (χ0v) is 7.53. The number of esters is 1. The van der Waals surface area contributed by atoms with Crippen LogP contribution in [0.5, 0.6) is 5.75 Å². The molecule has 0 spiro atoms. The molecule has 0 fully saturated rings. The second-order valence-electron chi connectivity index (χ2n) is 2.67. The molecule has 0 atom stereocenters. The number of ether oxygens (including phenoxy) is 1. The molecule has 14 heavy (non-hydrogen) atoms. The summed E-state index contributed by atoms with van der Waals surface area (Å²) in [6, 6.07) is 6.44. The Labute approximate surface area is 105 Å². The number of benzene rings is 1. The van der Waals surface area contributed by atoms with Gasteiger partial charge < -0.3 is 4.74 Å². The van der Waals surface area contributed by atoms with Crippen LogP contribution in [0.1, 0.15) is 24.2 Å². The summed E-state index contributed by atoms with van der Waals surface area (Å²) in [5, 5.41) is 0. The fraction of sp³-hybridized carbons (Fsp3) is 0.200. The van der Waals surface area contributed by atoms with Crippen LogP contribution in [0.3, 0.4) is 0 Å². The average Bonchev–Trinajstić information content (AvgIpc) is 2.04. The van der Waals surface area contributed by atoms with E-state index in [1.165, 1.54) is 13.8 Å². The van der Waals surface area contributed by atoms with Crippen LogP contribution < -0.4 is 4.74 Å². The quantitative estimate of drug-likeness (QED) is 0.313. The monoisotopic (exact) mass is 202 g/mol. The summed E-state index contributed by atoms with van der Waals surface area (Å²) < 4.78 is 4.80. The van der Waals surface area contributed by atoms with Crippen LogP contribution in [0.2, 0.25) is 0 Å². The van der Waals surface area contributed by atoms with Gasteiger partial charge in [0.15, 0.2) is 5.78 Å². The van der Waals surface area contributed by atoms with Crippen LogP contribution in [0.4, 0.5) is 0 Å². The normalized spacial score (nSPS) is 8.71. The first-order chi connectivity index (χ1) is 6.09. The molecule has 0 aliphatic carbocycles. The van der Waals surface area contributed by atoms with Crippen LogP contribution in [-0.2, 0) is 4.79 Å². The van der Waals surface area contributed by atoms with E-state index in [1.54, 1.807) is 24.3 Å². The number of ketones is 1. The molecule has 1 rings (SSSR count). The molecule has 0 amide bonds. The minimum absolute atomic E-state index is 0. The maximum absolute atomic E-state index is 10.9. The van der Waals surface area contributed by atoms with Crippen molar-refractivity contribution < 1.29 is 14.3 Å². The summed E-state index contributed by atoms with van der Waals surface area (Å²) in [6.45, 7) is 2.82. The van der Waals surface area contributed by atoms with E-state index in [0.717, 1.165) is 0 Å². The predicted molar refractivity (Wildman–Crippen MR) is 54.9 cm³/mol. The zero-order chi connectivity index (χ0) is 9.84. The summed E-state index contributed by atoms with van der Waals surface area (Å²) in [7, 11) is 0. The van der Waals surface area contributed by atoms with Gasteiger partial charge in [-0.05, 0) is 31.2 Å². The molecule has 70 valence electrons. The number of Topliss-reactive ketones (excluding diaryl/α,β-unsaturated/α-hetero) is 1. The van der Waals surface area contributed by atoms with Crippen molar-refractivity contribution >= 4 is 41.3 Å². The Morgan fingerprint density at radius 3 is 1.93 bits per heavy atom. The van der Waals surface area contributed by atoms with Crippen LogP contribution in [-0.4, -0.2) is 41.3 Å². The Balaban J connectivity index is 0.00000169. The van der Waals surface area contributed by atoms with Crippen molar-refractivity contribution in [3.8, 4) is 5.75 Å². The SMILES string of the molecule is CC(=O)Oc1ccc(C(C)=O)cc1.[NaH]. The van der Waals surface area contributed by atoms with Crippen molar-refractivity contribution in [3.05, 3.63) is 29.8 Å². The Kier molecular flexibility index (Phi) is 5.69. The summed E-state index contributed by atoms with van der Waals surface area (Å²) >= 11 is 0. The molecular formula is C10H11NaO3. The predicted octanol–water partition coefficient (Wildman–Crippen LogP) is 1.17. The van der Waals surface area contributed by atoms with Crippen LogP contribution in [0.15, 0.2) is 24.3 Å². The van der Waals surface area contributed by atoms with Gasteiger partial charge in [-0.25, -0.2) is 0 Å². The Morgan fingerprint density at radius 2 is 1.57 bits per heavy atom. The first-order valence-corrected chi connectivity index (χ1v) is 3.89. The van der Waals surface area contributed by atoms with Gasteiger partial charge in [0.25, 0.3) is 0 Å². The second-order valence-corrected chi connectivity index (χ2v) is 2.67. The second kappa shape index (κ2) is 5.96. The van der Waals surface area contributed by atoms with Crippen molar-refractivity contribution in [3.63, 3.8) is 0 Å². The van der Waals surface area contributed by atoms with Crippen LogP contribution in [0, 0.1) is 0 Å². The third kappa shape index (κ3) is 4.05. The van der Waals surface area contributed by atoms with Crippen LogP contribution in [0.25, 0.3) is 0 Å². The first-order valence-electron chi connectivity index (χ1n) is 3.89. The van der Waals surface area contributed by atoms with E-state index >= 15 is 0 Å². The van der Waals surface area contributed by atoms with Gasteiger partial charge in [0.1, 0.15) is 5.75 Å². The molecule has 0 saturated heterocycles. The molecule has 3 nitrogen and oxygen atoms in total. The van der Waals surface area contributed by atoms with Gasteiger partial charge in [-0.3, -0.25) is 9.59 Å². The molecule has 0 bridgehead atoms. The third-order valence-electron chi connectivity index (χ3n) is 1.52. The Hall–Kier alpha value is -0.640. The van der Waals surface area contributed by atoms with E-state index in [1.807, 2.05) is 0 Å². The first kappa shape index (κ1) is 13.4. The van der Waals surface area contributed by atoms with E-state index in [4.69, 9.17) is 4.74 Å². The van der Waals surface area contributed by atoms with Gasteiger partial charge in [-0.2, -0.15) is 0 Å². The molecular weight excluding hydrogens is 191 g/mol. The van der Waals surface area contributed by atoms with Crippen molar-refractivity contribution in [2.45, 2.75) is 13.8 Å². The summed E-state index contributed by atoms with van der Waals surface area (Å²) in [6.07, 6.45) is 0. The fourth-order valence-corrected chi connectivity index (χ4v) is 0.924. The van der Waals surface area contributed by atoms with Gasteiger partial charge in [-0.15, -0.1) is 0 Å². The molecule has 0 radical (unpaired) electrons. The molecule has 0 unspecified atom stereocenters. The molecule has 0 aliphatic heterocycles. The van der Waals surface area contributed by atoms with Crippen molar-refractivity contribution in [1.29, 1.82) is 0 Å². The fourth-order valence-electron chi connectivity index (χ4n) is 0.924. The molecule has 0 saturated carbocycles. The summed E-state index contributed by atoms with van der Waals surface area (Å²) in [5.74, 6) is 0.0856. The van der Waals surface area contributed by atoms with Crippen LogP contribution >= 0.6 is 0 Å². The van der Waals surface area contributed by atoms with Crippen molar-refractivity contribution in [2.75, 3.05) is 0 Å². The van der Waals surface area contributed by atoms with Gasteiger partial charge >= 0.3 is 35.5 Å². The number of carbonyl (C=O) groups excluding carboxylic acids is 2. The van der Waals surface area contributed by atoms with E-state index in [9.17, 15) is 9.59 Å². The van der Waals surface area contributed by atoms with E-state index in [2.05, 4.69) is 0 Å². The Morgan fingerprint density at radius 1 is 1.07 bits per heavy atom. The number of rotatable bonds is 2. The molecule has 0 N–H and O–H groups in total. The van der Waals surface area contributed by atoms with Gasteiger partial charge in [0, 0.05) is 12.5 Å². The maximum atomic E-state index is 10.9. The van der Waals surface area contributed by atoms with Gasteiger partial charge in [-0.1, -0.05) is 0 Å². The number of hydrogen-bond acceptors (Lipinski definition) is 3. The third-order valence-corrected chi connectivity index (χ3v) is 1.52. The molecule has 1 aromatic rings. The number of carbonyl (C=O) groups is 2. The minimum atomic E-state index is -0.365. The average molecular weight is 202 g/mol. The van der Waals surface area contributed by atoms with Crippen molar-refractivity contribution in [1.82, 2.24) is 0 Å². The molecule has 0 aliphatic rings. The summed E-state index contributed by atoms with van der Waals surface area (Å²) in [4.78, 5) is 21.4. The summed E-state index contributed by atoms with van der Waals surface area (Å²) in [5.41, 5.74) is 0.607. The molecule has 4 heteroatoms. The number of hydrogen-bond donors (Lipinski definition) is 0. The van der Waals surface area contributed by atoms with Crippen molar-refractivity contribution in [2.24, 2.45) is 0 Å². The zero-order valence-electron chi connectivity index (χ0n) is 7.53. The van der Waals surface area contributed by atoms with E-state index in [-0.39, 0.29) is 41.3 Å². The molecule has 1 aromatic carbocycles.